The van der Waals surface area contributed by atoms with E-state index in [2.05, 4.69) is 19.1 Å². The quantitative estimate of drug-likeness (QED) is 0.694. The van der Waals surface area contributed by atoms with Crippen LogP contribution in [0.1, 0.15) is 18.5 Å². The summed E-state index contributed by atoms with van der Waals surface area (Å²) in [7, 11) is 0. The van der Waals surface area contributed by atoms with Crippen molar-refractivity contribution >= 4 is 5.91 Å². The molecule has 72 valence electrons. The zero-order valence-electron chi connectivity index (χ0n) is 8.18. The second-order valence-electron chi connectivity index (χ2n) is 3.48. The van der Waals surface area contributed by atoms with Crippen molar-refractivity contribution in [2.45, 2.75) is 13.0 Å². The van der Waals surface area contributed by atoms with Crippen LogP contribution in [-0.2, 0) is 4.79 Å². The van der Waals surface area contributed by atoms with Crippen molar-refractivity contribution < 1.29 is 4.79 Å². The van der Waals surface area contributed by atoms with Crippen LogP contribution in [0.25, 0.3) is 0 Å². The first-order valence-corrected chi connectivity index (χ1v) is 4.81. The number of nitrogens with zero attached hydrogens (tertiary/aromatic N) is 1. The van der Waals surface area contributed by atoms with Gasteiger partial charge in [-0.05, 0) is 12.5 Å². The molecule has 0 bridgehead atoms. The van der Waals surface area contributed by atoms with Gasteiger partial charge in [-0.15, -0.1) is 0 Å². The third-order valence-electron chi connectivity index (χ3n) is 2.60. The number of hydrogen-bond acceptors (Lipinski definition) is 1. The Morgan fingerprint density at radius 1 is 1.29 bits per heavy atom. The molecule has 1 atom stereocenters. The van der Waals surface area contributed by atoms with E-state index in [9.17, 15) is 4.79 Å². The third-order valence-corrected chi connectivity index (χ3v) is 2.60. The lowest BCUT2D eigenvalue weighted by atomic mass is 10.1. The second kappa shape index (κ2) is 3.66. The van der Waals surface area contributed by atoms with Gasteiger partial charge < -0.3 is 4.90 Å². The van der Waals surface area contributed by atoms with Gasteiger partial charge in [-0.3, -0.25) is 4.79 Å². The average Bonchev–Trinajstić information content (AvgIpc) is 2.65. The van der Waals surface area contributed by atoms with E-state index in [4.69, 9.17) is 0 Å². The van der Waals surface area contributed by atoms with Crippen LogP contribution in [0.2, 0.25) is 0 Å². The Labute approximate surface area is 83.8 Å². The fraction of sp³-hybridized carbons (Fsp3) is 0.250. The first kappa shape index (κ1) is 9.00. The summed E-state index contributed by atoms with van der Waals surface area (Å²) in [6, 6.07) is 10.3. The first-order valence-electron chi connectivity index (χ1n) is 4.81. The molecule has 1 amide bonds. The van der Waals surface area contributed by atoms with Crippen LogP contribution in [-0.4, -0.2) is 17.4 Å². The van der Waals surface area contributed by atoms with Gasteiger partial charge in [0.25, 0.3) is 0 Å². The Bertz CT molecular complexity index is 356. The predicted molar refractivity (Wildman–Crippen MR) is 55.7 cm³/mol. The lowest BCUT2D eigenvalue weighted by Gasteiger charge is -2.24. The number of hydrogen-bond donors (Lipinski definition) is 0. The van der Waals surface area contributed by atoms with Gasteiger partial charge in [0.15, 0.2) is 0 Å². The van der Waals surface area contributed by atoms with E-state index in [-0.39, 0.29) is 11.9 Å². The van der Waals surface area contributed by atoms with Gasteiger partial charge in [0.1, 0.15) is 0 Å². The summed E-state index contributed by atoms with van der Waals surface area (Å²) in [6.07, 6.45) is 3.54. The molecule has 14 heavy (non-hydrogen) atoms. The monoisotopic (exact) mass is 187 g/mol. The standard InChI is InChI=1S/C12H13NO/c1-10(11-6-3-2-4-7-11)13-9-5-8-12(13)14/h2-8,10H,9H2,1H3/t10-/m1/s1. The van der Waals surface area contributed by atoms with Crippen molar-refractivity contribution in [3.63, 3.8) is 0 Å². The van der Waals surface area contributed by atoms with Gasteiger partial charge in [0.2, 0.25) is 5.91 Å². The highest BCUT2D eigenvalue weighted by molar-refractivity contribution is 5.90. The minimum atomic E-state index is 0.112. The van der Waals surface area contributed by atoms with Crippen LogP contribution >= 0.6 is 0 Å². The van der Waals surface area contributed by atoms with Crippen molar-refractivity contribution in [2.24, 2.45) is 0 Å². The SMILES string of the molecule is C[C@H](c1ccccc1)N1CC=CC1=O. The van der Waals surface area contributed by atoms with Gasteiger partial charge in [-0.1, -0.05) is 36.4 Å². The Balaban J connectivity index is 2.17. The molecule has 0 aromatic heterocycles. The minimum Gasteiger partial charge on any atom is -0.329 e. The normalized spacial score (nSPS) is 17.5. The van der Waals surface area contributed by atoms with E-state index in [0.717, 1.165) is 6.54 Å². The minimum absolute atomic E-state index is 0.112. The highest BCUT2D eigenvalue weighted by atomic mass is 16.2. The first-order chi connectivity index (χ1) is 6.79. The predicted octanol–water partition coefficient (Wildman–Crippen LogP) is 2.15. The Morgan fingerprint density at radius 2 is 2.00 bits per heavy atom. The number of rotatable bonds is 2. The van der Waals surface area contributed by atoms with E-state index < -0.39 is 0 Å². The molecule has 0 spiro atoms. The van der Waals surface area contributed by atoms with E-state index in [1.165, 1.54) is 5.56 Å². The lowest BCUT2D eigenvalue weighted by Crippen LogP contribution is -2.28. The molecule has 0 radical (unpaired) electrons. The van der Waals surface area contributed by atoms with E-state index in [0.29, 0.717) is 0 Å². The molecule has 2 heteroatoms. The van der Waals surface area contributed by atoms with Crippen molar-refractivity contribution in [1.29, 1.82) is 0 Å². The Morgan fingerprint density at radius 3 is 2.57 bits per heavy atom. The molecule has 0 fully saturated rings. The molecule has 1 heterocycles. The molecular formula is C12H13NO. The van der Waals surface area contributed by atoms with E-state index in [1.807, 2.05) is 29.2 Å². The number of carbonyl (C=O) groups is 1. The molecule has 0 aliphatic carbocycles. The van der Waals surface area contributed by atoms with Crippen molar-refractivity contribution in [3.8, 4) is 0 Å². The summed E-state index contributed by atoms with van der Waals surface area (Å²) >= 11 is 0. The number of amides is 1. The van der Waals surface area contributed by atoms with Gasteiger partial charge in [0.05, 0.1) is 6.04 Å². The van der Waals surface area contributed by atoms with Crippen LogP contribution in [0, 0.1) is 0 Å². The smallest absolute Gasteiger partial charge is 0.247 e. The highest BCUT2D eigenvalue weighted by Crippen LogP contribution is 2.21. The summed E-state index contributed by atoms with van der Waals surface area (Å²) in [5.74, 6) is 0.112. The van der Waals surface area contributed by atoms with Gasteiger partial charge >= 0.3 is 0 Å². The molecule has 0 N–H and O–H groups in total. The fourth-order valence-corrected chi connectivity index (χ4v) is 1.71. The molecular weight excluding hydrogens is 174 g/mol. The van der Waals surface area contributed by atoms with Crippen LogP contribution < -0.4 is 0 Å². The summed E-state index contributed by atoms with van der Waals surface area (Å²) in [4.78, 5) is 13.3. The van der Waals surface area contributed by atoms with Crippen LogP contribution in [0.15, 0.2) is 42.5 Å². The topological polar surface area (TPSA) is 20.3 Å². The molecule has 1 aromatic rings. The molecule has 0 saturated heterocycles. The lowest BCUT2D eigenvalue weighted by molar-refractivity contribution is -0.126. The summed E-state index contributed by atoms with van der Waals surface area (Å²) in [5.41, 5.74) is 1.18. The molecule has 1 aliphatic heterocycles. The van der Waals surface area contributed by atoms with E-state index in [1.54, 1.807) is 6.08 Å². The van der Waals surface area contributed by atoms with Crippen LogP contribution in [0.4, 0.5) is 0 Å². The second-order valence-corrected chi connectivity index (χ2v) is 3.48. The molecule has 1 aromatic carbocycles. The van der Waals surface area contributed by atoms with Gasteiger partial charge in [0, 0.05) is 12.6 Å². The third kappa shape index (κ3) is 1.55. The fourth-order valence-electron chi connectivity index (χ4n) is 1.71. The molecule has 2 nitrogen and oxygen atoms in total. The zero-order chi connectivity index (χ0) is 9.97. The summed E-state index contributed by atoms with van der Waals surface area (Å²) < 4.78 is 0. The maximum atomic E-state index is 11.4. The molecule has 1 aliphatic rings. The summed E-state index contributed by atoms with van der Waals surface area (Å²) in [5, 5.41) is 0. The van der Waals surface area contributed by atoms with Crippen molar-refractivity contribution in [1.82, 2.24) is 4.90 Å². The van der Waals surface area contributed by atoms with E-state index >= 15 is 0 Å². The van der Waals surface area contributed by atoms with Crippen LogP contribution in [0.5, 0.6) is 0 Å². The van der Waals surface area contributed by atoms with Gasteiger partial charge in [-0.25, -0.2) is 0 Å². The highest BCUT2D eigenvalue weighted by Gasteiger charge is 2.21. The largest absolute Gasteiger partial charge is 0.329 e. The maximum absolute atomic E-state index is 11.4. The molecule has 0 saturated carbocycles. The Hall–Kier alpha value is -1.57. The van der Waals surface area contributed by atoms with Crippen molar-refractivity contribution in [3.05, 3.63) is 48.0 Å². The number of benzene rings is 1. The zero-order valence-corrected chi connectivity index (χ0v) is 8.18. The van der Waals surface area contributed by atoms with Gasteiger partial charge in [-0.2, -0.15) is 0 Å². The number of carbonyl (C=O) groups excluding carboxylic acids is 1. The molecule has 0 unspecified atom stereocenters. The Kier molecular flexibility index (Phi) is 2.35. The molecule has 2 rings (SSSR count). The van der Waals surface area contributed by atoms with Crippen LogP contribution in [0.3, 0.4) is 0 Å². The van der Waals surface area contributed by atoms with Crippen molar-refractivity contribution in [2.75, 3.05) is 6.54 Å². The maximum Gasteiger partial charge on any atom is 0.247 e. The summed E-state index contributed by atoms with van der Waals surface area (Å²) in [6.45, 7) is 2.79. The average molecular weight is 187 g/mol.